The molecule has 0 fully saturated rings. The predicted molar refractivity (Wildman–Crippen MR) is 129 cm³/mol. The van der Waals surface area contributed by atoms with Crippen LogP contribution in [0, 0.1) is 0 Å². The Bertz CT molecular complexity index is 1330. The van der Waals surface area contributed by atoms with Crippen molar-refractivity contribution in [2.45, 2.75) is 26.3 Å². The standard InChI is InChI=1S/C25H26N2O5S/c1-4-26(23-11-7-9-18-8-5-6-10-21(18)23)24(28)16-32-25(29)19-12-13-22-20(15-19)14-17(2)27(22)33(3,30)31/h5-13,15,17H,4,14,16H2,1-3H3. The molecule has 1 unspecified atom stereocenters. The Labute approximate surface area is 193 Å². The average molecular weight is 467 g/mol. The van der Waals surface area contributed by atoms with E-state index in [0.29, 0.717) is 18.7 Å². The minimum absolute atomic E-state index is 0.221. The third kappa shape index (κ3) is 4.43. The molecule has 1 heterocycles. The lowest BCUT2D eigenvalue weighted by Gasteiger charge is -2.23. The number of sulfonamides is 1. The van der Waals surface area contributed by atoms with Gasteiger partial charge < -0.3 is 9.64 Å². The van der Waals surface area contributed by atoms with E-state index in [-0.39, 0.29) is 17.5 Å². The first-order valence-corrected chi connectivity index (χ1v) is 12.6. The van der Waals surface area contributed by atoms with E-state index in [1.807, 2.05) is 56.3 Å². The molecule has 1 amide bonds. The number of hydrogen-bond acceptors (Lipinski definition) is 5. The lowest BCUT2D eigenvalue weighted by Crippen LogP contribution is -2.34. The van der Waals surface area contributed by atoms with Crippen LogP contribution in [0.25, 0.3) is 10.8 Å². The van der Waals surface area contributed by atoms with Crippen molar-refractivity contribution in [3.8, 4) is 0 Å². The van der Waals surface area contributed by atoms with Crippen molar-refractivity contribution in [2.24, 2.45) is 0 Å². The molecule has 0 spiro atoms. The number of likely N-dealkylation sites (N-methyl/N-ethyl adjacent to an activating group) is 1. The van der Waals surface area contributed by atoms with Gasteiger partial charge in [-0.1, -0.05) is 36.4 Å². The number of hydrogen-bond donors (Lipinski definition) is 0. The Kier molecular flexibility index (Phi) is 6.12. The number of fused-ring (bicyclic) bond motifs is 2. The van der Waals surface area contributed by atoms with Gasteiger partial charge >= 0.3 is 5.97 Å². The molecule has 4 rings (SSSR count). The van der Waals surface area contributed by atoms with Gasteiger partial charge in [-0.25, -0.2) is 13.2 Å². The quantitative estimate of drug-likeness (QED) is 0.517. The van der Waals surface area contributed by atoms with Crippen molar-refractivity contribution in [1.29, 1.82) is 0 Å². The van der Waals surface area contributed by atoms with Gasteiger partial charge in [-0.3, -0.25) is 9.10 Å². The SMILES string of the molecule is CCN(C(=O)COC(=O)c1ccc2c(c1)CC(C)N2S(C)(=O)=O)c1cccc2ccccc12. The van der Waals surface area contributed by atoms with Gasteiger partial charge in [0.15, 0.2) is 6.61 Å². The van der Waals surface area contributed by atoms with Gasteiger partial charge in [0.05, 0.1) is 23.2 Å². The minimum atomic E-state index is -3.41. The van der Waals surface area contributed by atoms with Gasteiger partial charge in [0.2, 0.25) is 10.0 Å². The molecule has 172 valence electrons. The van der Waals surface area contributed by atoms with Crippen LogP contribution in [0.3, 0.4) is 0 Å². The summed E-state index contributed by atoms with van der Waals surface area (Å²) in [5, 5.41) is 1.97. The summed E-state index contributed by atoms with van der Waals surface area (Å²) in [6.07, 6.45) is 1.68. The molecule has 33 heavy (non-hydrogen) atoms. The first kappa shape index (κ1) is 22.8. The third-order valence-electron chi connectivity index (χ3n) is 5.83. The summed E-state index contributed by atoms with van der Waals surface area (Å²) in [7, 11) is -3.41. The Morgan fingerprint density at radius 1 is 1.09 bits per heavy atom. The van der Waals surface area contributed by atoms with Crippen LogP contribution >= 0.6 is 0 Å². The maximum atomic E-state index is 12.9. The zero-order chi connectivity index (χ0) is 23.8. The van der Waals surface area contributed by atoms with Gasteiger partial charge in [-0.2, -0.15) is 0 Å². The van der Waals surface area contributed by atoms with Gasteiger partial charge in [0.25, 0.3) is 5.91 Å². The number of rotatable bonds is 6. The second kappa shape index (κ2) is 8.86. The molecular weight excluding hydrogens is 440 g/mol. The number of ether oxygens (including phenoxy) is 1. The number of amides is 1. The summed E-state index contributed by atoms with van der Waals surface area (Å²) in [6.45, 7) is 3.74. The van der Waals surface area contributed by atoms with Crippen LogP contribution in [0.15, 0.2) is 60.7 Å². The number of carbonyl (C=O) groups is 2. The summed E-state index contributed by atoms with van der Waals surface area (Å²) in [4.78, 5) is 27.2. The highest BCUT2D eigenvalue weighted by Crippen LogP contribution is 2.35. The minimum Gasteiger partial charge on any atom is -0.452 e. The van der Waals surface area contributed by atoms with Gasteiger partial charge in [-0.15, -0.1) is 0 Å². The first-order chi connectivity index (χ1) is 15.7. The van der Waals surface area contributed by atoms with Crippen molar-refractivity contribution in [3.05, 3.63) is 71.8 Å². The lowest BCUT2D eigenvalue weighted by molar-refractivity contribution is -0.121. The molecule has 0 bridgehead atoms. The number of esters is 1. The van der Waals surface area contributed by atoms with Crippen LogP contribution in [0.5, 0.6) is 0 Å². The van der Waals surface area contributed by atoms with Crippen LogP contribution in [0.4, 0.5) is 11.4 Å². The zero-order valence-corrected chi connectivity index (χ0v) is 19.6. The average Bonchev–Trinajstić information content (AvgIpc) is 3.13. The molecule has 3 aromatic carbocycles. The van der Waals surface area contributed by atoms with E-state index in [0.717, 1.165) is 22.0 Å². The Hall–Kier alpha value is -3.39. The summed E-state index contributed by atoms with van der Waals surface area (Å²) in [6, 6.07) is 18.1. The highest BCUT2D eigenvalue weighted by Gasteiger charge is 2.33. The maximum absolute atomic E-state index is 12.9. The molecule has 3 aromatic rings. The number of benzene rings is 3. The second-order valence-corrected chi connectivity index (χ2v) is 10.0. The van der Waals surface area contributed by atoms with E-state index in [2.05, 4.69) is 0 Å². The number of anilines is 2. The summed E-state index contributed by atoms with van der Waals surface area (Å²) in [5.74, 6) is -0.939. The van der Waals surface area contributed by atoms with Crippen molar-refractivity contribution in [2.75, 3.05) is 28.6 Å². The predicted octanol–water partition coefficient (Wildman–Crippen LogP) is 3.76. The molecule has 1 aliphatic heterocycles. The first-order valence-electron chi connectivity index (χ1n) is 10.8. The van der Waals surface area contributed by atoms with E-state index in [1.165, 1.54) is 16.6 Å². The monoisotopic (exact) mass is 466 g/mol. The van der Waals surface area contributed by atoms with Crippen molar-refractivity contribution < 1.29 is 22.7 Å². The molecule has 0 N–H and O–H groups in total. The van der Waals surface area contributed by atoms with E-state index in [4.69, 9.17) is 4.74 Å². The molecule has 7 nitrogen and oxygen atoms in total. The van der Waals surface area contributed by atoms with Crippen molar-refractivity contribution in [3.63, 3.8) is 0 Å². The van der Waals surface area contributed by atoms with Crippen LogP contribution in [-0.2, 0) is 26.0 Å². The van der Waals surface area contributed by atoms with Gasteiger partial charge in [0, 0.05) is 18.0 Å². The molecule has 1 aliphatic rings. The fraction of sp³-hybridized carbons (Fsp3) is 0.280. The molecular formula is C25H26N2O5S. The number of nitrogens with zero attached hydrogens (tertiary/aromatic N) is 2. The van der Waals surface area contributed by atoms with E-state index < -0.39 is 22.6 Å². The maximum Gasteiger partial charge on any atom is 0.338 e. The van der Waals surface area contributed by atoms with E-state index >= 15 is 0 Å². The van der Waals surface area contributed by atoms with E-state index in [1.54, 1.807) is 17.0 Å². The second-order valence-electron chi connectivity index (χ2n) is 8.17. The highest BCUT2D eigenvalue weighted by atomic mass is 32.2. The molecule has 0 radical (unpaired) electrons. The highest BCUT2D eigenvalue weighted by molar-refractivity contribution is 7.92. The van der Waals surface area contributed by atoms with Gasteiger partial charge in [0.1, 0.15) is 0 Å². The summed E-state index contributed by atoms with van der Waals surface area (Å²) >= 11 is 0. The summed E-state index contributed by atoms with van der Waals surface area (Å²) < 4.78 is 30.9. The topological polar surface area (TPSA) is 84.0 Å². The lowest BCUT2D eigenvalue weighted by atomic mass is 10.1. The fourth-order valence-corrected chi connectivity index (χ4v) is 5.71. The molecule has 8 heteroatoms. The Morgan fingerprint density at radius 3 is 2.55 bits per heavy atom. The number of carbonyl (C=O) groups excluding carboxylic acids is 2. The van der Waals surface area contributed by atoms with E-state index in [9.17, 15) is 18.0 Å². The van der Waals surface area contributed by atoms with Crippen LogP contribution in [-0.4, -0.2) is 45.7 Å². The Morgan fingerprint density at radius 2 is 1.82 bits per heavy atom. The zero-order valence-electron chi connectivity index (χ0n) is 18.8. The van der Waals surface area contributed by atoms with Crippen molar-refractivity contribution >= 4 is 44.0 Å². The largest absolute Gasteiger partial charge is 0.452 e. The molecule has 0 saturated carbocycles. The van der Waals surface area contributed by atoms with Crippen LogP contribution in [0.2, 0.25) is 0 Å². The Balaban J connectivity index is 1.49. The van der Waals surface area contributed by atoms with Crippen LogP contribution < -0.4 is 9.21 Å². The van der Waals surface area contributed by atoms with Crippen molar-refractivity contribution in [1.82, 2.24) is 0 Å². The molecule has 0 aromatic heterocycles. The normalized spacial score (nSPS) is 15.4. The molecule has 0 aliphatic carbocycles. The van der Waals surface area contributed by atoms with Crippen LogP contribution in [0.1, 0.15) is 29.8 Å². The van der Waals surface area contributed by atoms with Gasteiger partial charge in [-0.05, 0) is 55.5 Å². The molecule has 0 saturated heterocycles. The smallest absolute Gasteiger partial charge is 0.338 e. The summed E-state index contributed by atoms with van der Waals surface area (Å²) in [5.41, 5.74) is 2.40. The molecule has 1 atom stereocenters. The fourth-order valence-electron chi connectivity index (χ4n) is 4.45. The third-order valence-corrected chi connectivity index (χ3v) is 7.10.